The number of hydrogen-bond donors (Lipinski definition) is 3. The lowest BCUT2D eigenvalue weighted by Gasteiger charge is -2.17. The van der Waals surface area contributed by atoms with E-state index >= 15 is 0 Å². The molecule has 3 aromatic rings. The summed E-state index contributed by atoms with van der Waals surface area (Å²) in [5.74, 6) is -0.237. The van der Waals surface area contributed by atoms with E-state index in [1.165, 1.54) is 34.3 Å². The van der Waals surface area contributed by atoms with Crippen LogP contribution in [0.4, 0.5) is 10.5 Å². The number of rotatable bonds is 11. The van der Waals surface area contributed by atoms with Gasteiger partial charge in [-0.3, -0.25) is 14.4 Å². The van der Waals surface area contributed by atoms with Gasteiger partial charge in [0.05, 0.1) is 13.7 Å². The molecule has 1 atom stereocenters. The van der Waals surface area contributed by atoms with Crippen molar-refractivity contribution < 1.29 is 19.1 Å². The molecule has 2 heterocycles. The highest BCUT2D eigenvalue weighted by molar-refractivity contribution is 5.96. The second-order valence-corrected chi connectivity index (χ2v) is 10.0. The quantitative estimate of drug-likeness (QED) is 0.323. The van der Waals surface area contributed by atoms with E-state index in [0.29, 0.717) is 18.9 Å². The van der Waals surface area contributed by atoms with Gasteiger partial charge in [0, 0.05) is 31.5 Å². The smallest absolute Gasteiger partial charge is 0.407 e. The van der Waals surface area contributed by atoms with Crippen molar-refractivity contribution in [1.29, 1.82) is 0 Å². The summed E-state index contributed by atoms with van der Waals surface area (Å²) in [7, 11) is 4.47. The Morgan fingerprint density at radius 3 is 2.62 bits per heavy atom. The number of para-hydroxylation sites is 1. The lowest BCUT2D eigenvalue weighted by molar-refractivity contribution is -0.123. The SMILES string of the molecule is COC(=O)NC(CC/C=C/C(=O)N(C)C)C(=O)Nc1cccn(Cc2cc3cccc(CC(C)C)c3[nH]2)c1=O. The number of methoxy groups -OCH3 is 1. The van der Waals surface area contributed by atoms with Crippen molar-refractivity contribution in [2.75, 3.05) is 26.5 Å². The zero-order valence-electron chi connectivity index (χ0n) is 23.1. The van der Waals surface area contributed by atoms with Crippen LogP contribution in [0.1, 0.15) is 37.9 Å². The molecule has 0 spiro atoms. The molecule has 0 radical (unpaired) electrons. The molecule has 10 nitrogen and oxygen atoms in total. The Hall–Kier alpha value is -4.34. The number of benzene rings is 1. The van der Waals surface area contributed by atoms with E-state index in [-0.39, 0.29) is 23.6 Å². The number of carbonyl (C=O) groups is 3. The van der Waals surface area contributed by atoms with Crippen molar-refractivity contribution in [2.45, 2.75) is 45.7 Å². The topological polar surface area (TPSA) is 126 Å². The lowest BCUT2D eigenvalue weighted by atomic mass is 10.0. The van der Waals surface area contributed by atoms with Gasteiger partial charge in [0.25, 0.3) is 5.56 Å². The molecule has 0 saturated heterocycles. The maximum Gasteiger partial charge on any atom is 0.407 e. The Morgan fingerprint density at radius 2 is 1.92 bits per heavy atom. The van der Waals surface area contributed by atoms with Crippen LogP contribution in [0, 0.1) is 5.92 Å². The number of anilines is 1. The summed E-state index contributed by atoms with van der Waals surface area (Å²) in [5.41, 5.74) is 2.88. The Bertz CT molecular complexity index is 1400. The minimum absolute atomic E-state index is 0.0918. The van der Waals surface area contributed by atoms with Crippen molar-refractivity contribution >= 4 is 34.5 Å². The highest BCUT2D eigenvalue weighted by Crippen LogP contribution is 2.22. The molecule has 0 aliphatic heterocycles. The third-order valence-electron chi connectivity index (χ3n) is 6.16. The van der Waals surface area contributed by atoms with Crippen molar-refractivity contribution in [3.63, 3.8) is 0 Å². The van der Waals surface area contributed by atoms with Gasteiger partial charge in [0.2, 0.25) is 11.8 Å². The molecule has 0 aliphatic rings. The van der Waals surface area contributed by atoms with Crippen molar-refractivity contribution in [3.05, 3.63) is 76.4 Å². The number of fused-ring (bicyclic) bond motifs is 1. The Morgan fingerprint density at radius 1 is 1.15 bits per heavy atom. The second kappa shape index (κ2) is 13.5. The third kappa shape index (κ3) is 8.07. The molecular formula is C29H37N5O5. The zero-order chi connectivity index (χ0) is 28.5. The Kier molecular flexibility index (Phi) is 10.1. The minimum atomic E-state index is -0.974. The number of aromatic nitrogens is 2. The number of carbonyl (C=O) groups excluding carboxylic acids is 3. The Balaban J connectivity index is 1.75. The molecule has 10 heteroatoms. The fourth-order valence-corrected chi connectivity index (χ4v) is 4.20. The highest BCUT2D eigenvalue weighted by Gasteiger charge is 2.22. The summed E-state index contributed by atoms with van der Waals surface area (Å²) in [6.45, 7) is 4.65. The predicted octanol–water partition coefficient (Wildman–Crippen LogP) is 3.66. The van der Waals surface area contributed by atoms with Gasteiger partial charge in [0.1, 0.15) is 11.7 Å². The van der Waals surface area contributed by atoms with Gasteiger partial charge >= 0.3 is 6.09 Å². The van der Waals surface area contributed by atoms with Crippen LogP contribution in [0.15, 0.2) is 59.5 Å². The van der Waals surface area contributed by atoms with Crippen LogP contribution in [0.5, 0.6) is 0 Å². The number of pyridine rings is 1. The van der Waals surface area contributed by atoms with Gasteiger partial charge in [-0.1, -0.05) is 38.1 Å². The summed E-state index contributed by atoms with van der Waals surface area (Å²) in [5, 5.41) is 6.21. The minimum Gasteiger partial charge on any atom is -0.453 e. The first-order valence-electron chi connectivity index (χ1n) is 12.9. The first-order chi connectivity index (χ1) is 18.6. The molecule has 39 heavy (non-hydrogen) atoms. The lowest BCUT2D eigenvalue weighted by Crippen LogP contribution is -2.44. The van der Waals surface area contributed by atoms with Gasteiger partial charge in [-0.25, -0.2) is 4.79 Å². The summed E-state index contributed by atoms with van der Waals surface area (Å²) < 4.78 is 6.16. The van der Waals surface area contributed by atoms with E-state index in [9.17, 15) is 19.2 Å². The summed E-state index contributed by atoms with van der Waals surface area (Å²) in [6.07, 6.45) is 5.41. The normalized spacial score (nSPS) is 12.1. The molecule has 0 aliphatic carbocycles. The van der Waals surface area contributed by atoms with Crippen molar-refractivity contribution in [2.24, 2.45) is 5.92 Å². The van der Waals surface area contributed by atoms with Gasteiger partial charge in [-0.15, -0.1) is 0 Å². The van der Waals surface area contributed by atoms with Crippen LogP contribution < -0.4 is 16.2 Å². The standard InChI is InChI=1S/C29H37N5O5/c1-19(2)16-20-10-8-11-21-17-22(30-26(20)21)18-34-15-9-13-24(28(34)37)31-27(36)23(32-29(38)39-5)12-6-7-14-25(35)33(3)4/h7-11,13-15,17,19,23,30H,6,12,16,18H2,1-5H3,(H,31,36)(H,32,38)/b14-7+. The van der Waals surface area contributed by atoms with Crippen molar-refractivity contribution in [3.8, 4) is 0 Å². The summed E-state index contributed by atoms with van der Waals surface area (Å²) in [6, 6.07) is 10.4. The molecule has 1 aromatic carbocycles. The average molecular weight is 536 g/mol. The summed E-state index contributed by atoms with van der Waals surface area (Å²) >= 11 is 0. The van der Waals surface area contributed by atoms with E-state index in [1.54, 1.807) is 32.4 Å². The fourth-order valence-electron chi connectivity index (χ4n) is 4.20. The predicted molar refractivity (Wildman–Crippen MR) is 152 cm³/mol. The van der Waals surface area contributed by atoms with Crippen LogP contribution in [0.25, 0.3) is 10.9 Å². The number of likely N-dealkylation sites (N-methyl/N-ethyl adjacent to an activating group) is 1. The number of amides is 3. The van der Waals surface area contributed by atoms with Crippen LogP contribution >= 0.6 is 0 Å². The van der Waals surface area contributed by atoms with E-state index < -0.39 is 18.0 Å². The van der Waals surface area contributed by atoms with Crippen LogP contribution in [-0.4, -0.2) is 59.6 Å². The molecule has 2 aromatic heterocycles. The van der Waals surface area contributed by atoms with E-state index in [4.69, 9.17) is 0 Å². The van der Waals surface area contributed by atoms with Gasteiger partial charge in [-0.2, -0.15) is 0 Å². The number of hydrogen-bond acceptors (Lipinski definition) is 5. The number of ether oxygens (including phenoxy) is 1. The molecule has 3 amide bonds. The molecule has 208 valence electrons. The number of allylic oxidation sites excluding steroid dienone is 1. The molecule has 0 saturated carbocycles. The monoisotopic (exact) mass is 535 g/mol. The Labute approximate surface area is 228 Å². The molecule has 0 fully saturated rings. The highest BCUT2D eigenvalue weighted by atomic mass is 16.5. The number of alkyl carbamates (subject to hydrolysis) is 1. The first-order valence-corrected chi connectivity index (χ1v) is 12.9. The first kappa shape index (κ1) is 29.2. The molecule has 1 unspecified atom stereocenters. The number of nitrogens with zero attached hydrogens (tertiary/aromatic N) is 2. The van der Waals surface area contributed by atoms with E-state index in [2.05, 4.69) is 40.3 Å². The van der Waals surface area contributed by atoms with E-state index in [0.717, 1.165) is 23.0 Å². The molecular weight excluding hydrogens is 498 g/mol. The van der Waals surface area contributed by atoms with Crippen LogP contribution in [0.3, 0.4) is 0 Å². The van der Waals surface area contributed by atoms with E-state index in [1.807, 2.05) is 18.2 Å². The number of H-pyrrole nitrogens is 1. The van der Waals surface area contributed by atoms with Gasteiger partial charge < -0.3 is 29.8 Å². The van der Waals surface area contributed by atoms with Gasteiger partial charge in [-0.05, 0) is 60.4 Å². The fraction of sp³-hybridized carbons (Fsp3) is 0.379. The maximum absolute atomic E-state index is 13.2. The maximum atomic E-state index is 13.2. The molecule has 0 bridgehead atoms. The molecule has 3 rings (SSSR count). The number of nitrogens with one attached hydrogen (secondary N) is 3. The van der Waals surface area contributed by atoms with Crippen LogP contribution in [0.2, 0.25) is 0 Å². The number of aromatic amines is 1. The van der Waals surface area contributed by atoms with Gasteiger partial charge in [0.15, 0.2) is 0 Å². The largest absolute Gasteiger partial charge is 0.453 e. The summed E-state index contributed by atoms with van der Waals surface area (Å²) in [4.78, 5) is 54.7. The van der Waals surface area contributed by atoms with Crippen LogP contribution in [-0.2, 0) is 27.3 Å². The zero-order valence-corrected chi connectivity index (χ0v) is 23.1. The molecule has 3 N–H and O–H groups in total. The van der Waals surface area contributed by atoms with Crippen molar-refractivity contribution in [1.82, 2.24) is 19.8 Å². The second-order valence-electron chi connectivity index (χ2n) is 10.0. The third-order valence-corrected chi connectivity index (χ3v) is 6.16. The average Bonchev–Trinajstić information content (AvgIpc) is 3.31.